The van der Waals surface area contributed by atoms with Crippen molar-refractivity contribution in [2.75, 3.05) is 19.0 Å². The molecule has 1 aromatic rings. The smallest absolute Gasteiger partial charge is 0.343 e. The van der Waals surface area contributed by atoms with Crippen molar-refractivity contribution in [3.8, 4) is 5.75 Å². The lowest BCUT2D eigenvalue weighted by molar-refractivity contribution is -0.142. The molecular weight excluding hydrogens is 307 g/mol. The molecule has 0 aromatic heterocycles. The molecule has 1 rings (SSSR count). The fraction of sp³-hybridized carbons (Fsp3) is 0.333. The Kier molecular flexibility index (Phi) is 7.98. The van der Waals surface area contributed by atoms with Gasteiger partial charge < -0.3 is 20.5 Å². The molecule has 0 bridgehead atoms. The van der Waals surface area contributed by atoms with Gasteiger partial charge in [0.15, 0.2) is 6.61 Å². The lowest BCUT2D eigenvalue weighted by Gasteiger charge is -2.10. The number of esters is 1. The van der Waals surface area contributed by atoms with Crippen LogP contribution < -0.4 is 15.8 Å². The Morgan fingerprint density at radius 1 is 1.45 bits per heavy atom. The predicted molar refractivity (Wildman–Crippen MR) is 78.5 cm³/mol. The maximum Gasteiger partial charge on any atom is 0.343 e. The van der Waals surface area contributed by atoms with E-state index in [1.54, 1.807) is 19.1 Å². The van der Waals surface area contributed by atoms with Gasteiger partial charge in [0.25, 0.3) is 0 Å². The second kappa shape index (κ2) is 8.63. The summed E-state index contributed by atoms with van der Waals surface area (Å²) in [4.78, 5) is 22.3. The summed E-state index contributed by atoms with van der Waals surface area (Å²) in [5, 5.41) is 2.86. The number of carbonyl (C=O) groups excluding carboxylic acids is 2. The van der Waals surface area contributed by atoms with E-state index in [1.165, 1.54) is 13.2 Å². The average molecular weight is 323 g/mol. The zero-order chi connectivity index (χ0) is 14.4. The SMILES string of the molecule is COC(=O)COc1ccc(NC(=O)C(C)N)cc1Cl.Cl. The number of hydrogen-bond acceptors (Lipinski definition) is 5. The molecule has 20 heavy (non-hydrogen) atoms. The van der Waals surface area contributed by atoms with Crippen LogP contribution in [0.4, 0.5) is 5.69 Å². The number of methoxy groups -OCH3 is 1. The fourth-order valence-electron chi connectivity index (χ4n) is 1.15. The van der Waals surface area contributed by atoms with Crippen molar-refractivity contribution < 1.29 is 19.1 Å². The molecular formula is C12H16Cl2N2O4. The van der Waals surface area contributed by atoms with E-state index in [0.29, 0.717) is 11.4 Å². The molecule has 0 radical (unpaired) electrons. The van der Waals surface area contributed by atoms with E-state index in [4.69, 9.17) is 22.1 Å². The fourth-order valence-corrected chi connectivity index (χ4v) is 1.38. The second-order valence-corrected chi connectivity index (χ2v) is 4.20. The lowest BCUT2D eigenvalue weighted by atomic mass is 10.2. The van der Waals surface area contributed by atoms with Gasteiger partial charge in [-0.25, -0.2) is 4.79 Å². The largest absolute Gasteiger partial charge is 0.480 e. The van der Waals surface area contributed by atoms with Gasteiger partial charge in [-0.2, -0.15) is 0 Å². The van der Waals surface area contributed by atoms with Crippen molar-refractivity contribution in [2.45, 2.75) is 13.0 Å². The number of nitrogens with two attached hydrogens (primary N) is 1. The summed E-state index contributed by atoms with van der Waals surface area (Å²) in [5.41, 5.74) is 5.92. The molecule has 112 valence electrons. The van der Waals surface area contributed by atoms with Crippen LogP contribution >= 0.6 is 24.0 Å². The number of nitrogens with one attached hydrogen (secondary N) is 1. The third kappa shape index (κ3) is 5.64. The Morgan fingerprint density at radius 2 is 2.10 bits per heavy atom. The van der Waals surface area contributed by atoms with E-state index in [1.807, 2.05) is 0 Å². The van der Waals surface area contributed by atoms with E-state index >= 15 is 0 Å². The first-order chi connectivity index (χ1) is 8.93. The third-order valence-corrected chi connectivity index (χ3v) is 2.48. The van der Waals surface area contributed by atoms with E-state index in [-0.39, 0.29) is 29.9 Å². The molecule has 0 saturated carbocycles. The highest BCUT2D eigenvalue weighted by Gasteiger charge is 2.10. The summed E-state index contributed by atoms with van der Waals surface area (Å²) in [5.74, 6) is -0.504. The summed E-state index contributed by atoms with van der Waals surface area (Å²) < 4.78 is 9.59. The highest BCUT2D eigenvalue weighted by atomic mass is 35.5. The molecule has 1 amide bonds. The Hall–Kier alpha value is -1.50. The van der Waals surface area contributed by atoms with Crippen molar-refractivity contribution >= 4 is 41.6 Å². The summed E-state index contributed by atoms with van der Waals surface area (Å²) in [7, 11) is 1.26. The molecule has 0 aliphatic rings. The Labute approximate surface area is 128 Å². The van der Waals surface area contributed by atoms with Crippen LogP contribution in [0.15, 0.2) is 18.2 Å². The molecule has 6 nitrogen and oxygen atoms in total. The van der Waals surface area contributed by atoms with Crippen LogP contribution in [0.1, 0.15) is 6.92 Å². The maximum absolute atomic E-state index is 11.4. The summed E-state index contributed by atoms with van der Waals surface area (Å²) in [6.45, 7) is 1.34. The third-order valence-electron chi connectivity index (χ3n) is 2.19. The highest BCUT2D eigenvalue weighted by Crippen LogP contribution is 2.27. The van der Waals surface area contributed by atoms with Crippen LogP contribution in [0, 0.1) is 0 Å². The van der Waals surface area contributed by atoms with Crippen molar-refractivity contribution in [3.05, 3.63) is 23.2 Å². The number of halogens is 2. The quantitative estimate of drug-likeness (QED) is 0.803. The minimum Gasteiger partial charge on any atom is -0.480 e. The van der Waals surface area contributed by atoms with Crippen LogP contribution in [0.5, 0.6) is 5.75 Å². The normalized spacial score (nSPS) is 11.0. The van der Waals surface area contributed by atoms with Gasteiger partial charge in [-0.1, -0.05) is 11.6 Å². The van der Waals surface area contributed by atoms with Gasteiger partial charge in [-0.3, -0.25) is 4.79 Å². The van der Waals surface area contributed by atoms with Gasteiger partial charge in [0, 0.05) is 5.69 Å². The molecule has 0 aliphatic carbocycles. The molecule has 1 aromatic carbocycles. The Morgan fingerprint density at radius 3 is 2.60 bits per heavy atom. The topological polar surface area (TPSA) is 90.6 Å². The van der Waals surface area contributed by atoms with Crippen LogP contribution in [0.2, 0.25) is 5.02 Å². The van der Waals surface area contributed by atoms with Crippen LogP contribution in [0.25, 0.3) is 0 Å². The maximum atomic E-state index is 11.4. The van der Waals surface area contributed by atoms with Crippen LogP contribution in [0.3, 0.4) is 0 Å². The van der Waals surface area contributed by atoms with Gasteiger partial charge in [0.2, 0.25) is 5.91 Å². The number of benzene rings is 1. The number of rotatable bonds is 5. The number of ether oxygens (including phenoxy) is 2. The Balaban J connectivity index is 0.00000361. The van der Waals surface area contributed by atoms with Crippen molar-refractivity contribution in [1.29, 1.82) is 0 Å². The van der Waals surface area contributed by atoms with Gasteiger partial charge in [0.1, 0.15) is 5.75 Å². The minimum atomic E-state index is -0.617. The Bertz CT molecular complexity index is 481. The second-order valence-electron chi connectivity index (χ2n) is 3.79. The first kappa shape index (κ1) is 18.5. The van der Waals surface area contributed by atoms with Crippen molar-refractivity contribution in [1.82, 2.24) is 0 Å². The first-order valence-electron chi connectivity index (χ1n) is 5.49. The van der Waals surface area contributed by atoms with Gasteiger partial charge in [0.05, 0.1) is 18.2 Å². The van der Waals surface area contributed by atoms with Gasteiger partial charge in [-0.15, -0.1) is 12.4 Å². The first-order valence-corrected chi connectivity index (χ1v) is 5.87. The molecule has 0 heterocycles. The van der Waals surface area contributed by atoms with E-state index in [2.05, 4.69) is 10.1 Å². The lowest BCUT2D eigenvalue weighted by Crippen LogP contribution is -2.32. The monoisotopic (exact) mass is 322 g/mol. The summed E-state index contributed by atoms with van der Waals surface area (Å²) >= 11 is 5.96. The van der Waals surface area contributed by atoms with Gasteiger partial charge >= 0.3 is 5.97 Å². The zero-order valence-corrected chi connectivity index (χ0v) is 12.6. The number of anilines is 1. The summed E-state index contributed by atoms with van der Waals surface area (Å²) in [6, 6.07) is 4.03. The van der Waals surface area contributed by atoms with Crippen molar-refractivity contribution in [2.24, 2.45) is 5.73 Å². The van der Waals surface area contributed by atoms with E-state index < -0.39 is 12.0 Å². The molecule has 1 atom stereocenters. The minimum absolute atomic E-state index is 0. The molecule has 0 spiro atoms. The summed E-state index contributed by atoms with van der Waals surface area (Å²) in [6.07, 6.45) is 0. The number of hydrogen-bond donors (Lipinski definition) is 2. The van der Waals surface area contributed by atoms with Crippen LogP contribution in [-0.4, -0.2) is 31.6 Å². The zero-order valence-electron chi connectivity index (χ0n) is 11.0. The molecule has 0 saturated heterocycles. The molecule has 1 unspecified atom stereocenters. The molecule has 3 N–H and O–H groups in total. The van der Waals surface area contributed by atoms with Crippen molar-refractivity contribution in [3.63, 3.8) is 0 Å². The van der Waals surface area contributed by atoms with E-state index in [9.17, 15) is 9.59 Å². The van der Waals surface area contributed by atoms with E-state index in [0.717, 1.165) is 0 Å². The van der Waals surface area contributed by atoms with Gasteiger partial charge in [-0.05, 0) is 25.1 Å². The van der Waals surface area contributed by atoms with Crippen LogP contribution in [-0.2, 0) is 14.3 Å². The number of carbonyl (C=O) groups is 2. The molecule has 0 fully saturated rings. The molecule has 8 heteroatoms. The molecule has 0 aliphatic heterocycles. The standard InChI is InChI=1S/C12H15ClN2O4.ClH/c1-7(14)12(17)15-8-3-4-10(9(13)5-8)19-6-11(16)18-2;/h3-5,7H,6,14H2,1-2H3,(H,15,17);1H. The highest BCUT2D eigenvalue weighted by molar-refractivity contribution is 6.32. The number of amides is 1. The average Bonchev–Trinajstić information content (AvgIpc) is 2.37. The predicted octanol–water partition coefficient (Wildman–Crippen LogP) is 1.60.